The van der Waals surface area contributed by atoms with Gasteiger partial charge in [-0.2, -0.15) is 5.10 Å². The van der Waals surface area contributed by atoms with Gasteiger partial charge in [0.1, 0.15) is 0 Å². The summed E-state index contributed by atoms with van der Waals surface area (Å²) in [5.41, 5.74) is 2.20. The molecule has 1 N–H and O–H groups in total. The number of nitrogens with one attached hydrogen (secondary N) is 1. The minimum Gasteiger partial charge on any atom is -0.313 e. The normalized spacial score (nSPS) is 22.4. The Morgan fingerprint density at radius 1 is 1.33 bits per heavy atom. The van der Waals surface area contributed by atoms with Crippen LogP contribution >= 0.6 is 11.6 Å². The molecule has 0 radical (unpaired) electrons. The van der Waals surface area contributed by atoms with Crippen molar-refractivity contribution in [1.82, 2.24) is 20.0 Å². The molecular formula is C16H27ClN4. The van der Waals surface area contributed by atoms with E-state index in [2.05, 4.69) is 22.2 Å². The van der Waals surface area contributed by atoms with Gasteiger partial charge in [-0.15, -0.1) is 0 Å². The van der Waals surface area contributed by atoms with E-state index in [0.29, 0.717) is 6.04 Å². The summed E-state index contributed by atoms with van der Waals surface area (Å²) in [6, 6.07) is 0.654. The first-order valence-corrected chi connectivity index (χ1v) is 8.71. The third-order valence-corrected chi connectivity index (χ3v) is 5.17. The van der Waals surface area contributed by atoms with Gasteiger partial charge in [-0.1, -0.05) is 18.5 Å². The molecule has 1 aromatic rings. The number of hydrogen-bond donors (Lipinski definition) is 1. The van der Waals surface area contributed by atoms with Gasteiger partial charge in [0, 0.05) is 32.7 Å². The first-order chi connectivity index (χ1) is 10.2. The quantitative estimate of drug-likeness (QED) is 0.840. The Morgan fingerprint density at radius 2 is 2.14 bits per heavy atom. The maximum Gasteiger partial charge on any atom is 0.0863 e. The van der Waals surface area contributed by atoms with Crippen molar-refractivity contribution in [3.8, 4) is 0 Å². The number of rotatable bonds is 7. The minimum absolute atomic E-state index is 0.654. The molecule has 1 saturated heterocycles. The van der Waals surface area contributed by atoms with Crippen LogP contribution in [-0.4, -0.2) is 40.4 Å². The summed E-state index contributed by atoms with van der Waals surface area (Å²) in [4.78, 5) is 2.59. The van der Waals surface area contributed by atoms with E-state index in [0.717, 1.165) is 36.1 Å². The molecular weight excluding hydrogens is 284 g/mol. The molecule has 0 spiro atoms. The monoisotopic (exact) mass is 310 g/mol. The van der Waals surface area contributed by atoms with Gasteiger partial charge >= 0.3 is 0 Å². The lowest BCUT2D eigenvalue weighted by Crippen LogP contribution is -2.38. The van der Waals surface area contributed by atoms with E-state index in [1.807, 2.05) is 11.7 Å². The fourth-order valence-electron chi connectivity index (χ4n) is 3.30. The molecule has 1 unspecified atom stereocenters. The maximum absolute atomic E-state index is 6.52. The first kappa shape index (κ1) is 15.3. The third kappa shape index (κ3) is 3.79. The summed E-state index contributed by atoms with van der Waals surface area (Å²) in [7, 11) is 2.02. The van der Waals surface area contributed by atoms with Crippen LogP contribution in [0.25, 0.3) is 0 Å². The van der Waals surface area contributed by atoms with Crippen LogP contribution < -0.4 is 5.32 Å². The van der Waals surface area contributed by atoms with Crippen LogP contribution in [0.1, 0.15) is 44.0 Å². The molecule has 2 fully saturated rings. The molecule has 0 amide bonds. The Balaban J connectivity index is 1.68. The van der Waals surface area contributed by atoms with E-state index in [1.165, 1.54) is 44.5 Å². The summed E-state index contributed by atoms with van der Waals surface area (Å²) < 4.78 is 1.98. The fourth-order valence-corrected chi connectivity index (χ4v) is 3.65. The highest BCUT2D eigenvalue weighted by atomic mass is 35.5. The zero-order valence-electron chi connectivity index (χ0n) is 13.2. The van der Waals surface area contributed by atoms with Gasteiger partial charge < -0.3 is 5.32 Å². The van der Waals surface area contributed by atoms with Crippen LogP contribution in [0, 0.1) is 5.92 Å². The van der Waals surface area contributed by atoms with E-state index in [4.69, 9.17) is 11.6 Å². The van der Waals surface area contributed by atoms with Crippen LogP contribution in [-0.2, 0) is 20.0 Å². The zero-order valence-corrected chi connectivity index (χ0v) is 14.0. The minimum atomic E-state index is 0.654. The highest BCUT2D eigenvalue weighted by Crippen LogP contribution is 2.31. The third-order valence-electron chi connectivity index (χ3n) is 4.73. The summed E-state index contributed by atoms with van der Waals surface area (Å²) in [5.74, 6) is 0.907. The maximum atomic E-state index is 6.52. The molecule has 1 aromatic heterocycles. The van der Waals surface area contributed by atoms with Crippen molar-refractivity contribution in [2.24, 2.45) is 13.0 Å². The summed E-state index contributed by atoms with van der Waals surface area (Å²) in [6.07, 6.45) is 6.32. The van der Waals surface area contributed by atoms with Crippen molar-refractivity contribution in [2.75, 3.05) is 19.6 Å². The molecule has 21 heavy (non-hydrogen) atoms. The van der Waals surface area contributed by atoms with Gasteiger partial charge in [0.25, 0.3) is 0 Å². The predicted octanol–water partition coefficient (Wildman–Crippen LogP) is 2.60. The van der Waals surface area contributed by atoms with Crippen molar-refractivity contribution >= 4 is 11.6 Å². The average molecular weight is 311 g/mol. The van der Waals surface area contributed by atoms with Crippen molar-refractivity contribution in [3.63, 3.8) is 0 Å². The van der Waals surface area contributed by atoms with Crippen LogP contribution in [0.2, 0.25) is 5.02 Å². The van der Waals surface area contributed by atoms with Crippen molar-refractivity contribution in [1.29, 1.82) is 0 Å². The van der Waals surface area contributed by atoms with Gasteiger partial charge in [0.15, 0.2) is 0 Å². The summed E-state index contributed by atoms with van der Waals surface area (Å²) in [5, 5.41) is 9.04. The van der Waals surface area contributed by atoms with Crippen LogP contribution in [0.15, 0.2) is 0 Å². The Morgan fingerprint density at radius 3 is 2.71 bits per heavy atom. The number of aromatic nitrogens is 2. The molecule has 1 atom stereocenters. The second kappa shape index (κ2) is 6.67. The Labute approximate surface area is 132 Å². The van der Waals surface area contributed by atoms with E-state index < -0.39 is 0 Å². The molecule has 5 heteroatoms. The van der Waals surface area contributed by atoms with Crippen LogP contribution in [0.5, 0.6) is 0 Å². The zero-order chi connectivity index (χ0) is 14.8. The molecule has 3 rings (SSSR count). The largest absolute Gasteiger partial charge is 0.313 e. The second-order valence-corrected chi connectivity index (χ2v) is 6.99. The summed E-state index contributed by atoms with van der Waals surface area (Å²) >= 11 is 6.52. The molecule has 1 aliphatic carbocycles. The van der Waals surface area contributed by atoms with Gasteiger partial charge in [0.05, 0.1) is 16.4 Å². The van der Waals surface area contributed by atoms with E-state index in [9.17, 15) is 0 Å². The SMILES string of the molecule is CCc1nn(C)c(CN(CC2CC2)CC2CCCN2)c1Cl. The topological polar surface area (TPSA) is 33.1 Å². The van der Waals surface area contributed by atoms with Gasteiger partial charge in [-0.3, -0.25) is 9.58 Å². The molecule has 2 aliphatic rings. The van der Waals surface area contributed by atoms with Gasteiger partial charge in [-0.05, 0) is 44.6 Å². The fraction of sp³-hybridized carbons (Fsp3) is 0.812. The summed E-state index contributed by atoms with van der Waals surface area (Å²) in [6.45, 7) is 6.56. The molecule has 118 valence electrons. The lowest BCUT2D eigenvalue weighted by molar-refractivity contribution is 0.226. The Bertz CT molecular complexity index is 475. The predicted molar refractivity (Wildman–Crippen MR) is 86.6 cm³/mol. The van der Waals surface area contributed by atoms with Crippen LogP contribution in [0.3, 0.4) is 0 Å². The molecule has 0 aromatic carbocycles. The first-order valence-electron chi connectivity index (χ1n) is 8.33. The van der Waals surface area contributed by atoms with Gasteiger partial charge in [0.2, 0.25) is 0 Å². The number of nitrogens with zero attached hydrogens (tertiary/aromatic N) is 3. The highest BCUT2D eigenvalue weighted by Gasteiger charge is 2.27. The number of halogens is 1. The Kier molecular flexibility index (Phi) is 4.87. The van der Waals surface area contributed by atoms with E-state index in [1.54, 1.807) is 0 Å². The van der Waals surface area contributed by atoms with Gasteiger partial charge in [-0.25, -0.2) is 0 Å². The number of aryl methyl sites for hydroxylation is 2. The van der Waals surface area contributed by atoms with Crippen molar-refractivity contribution in [3.05, 3.63) is 16.4 Å². The molecule has 1 saturated carbocycles. The molecule has 4 nitrogen and oxygen atoms in total. The van der Waals surface area contributed by atoms with Crippen molar-refractivity contribution in [2.45, 2.75) is 51.6 Å². The lowest BCUT2D eigenvalue weighted by Gasteiger charge is -2.25. The average Bonchev–Trinajstić information content (AvgIpc) is 3.05. The second-order valence-electron chi connectivity index (χ2n) is 6.62. The van der Waals surface area contributed by atoms with Crippen LogP contribution in [0.4, 0.5) is 0 Å². The highest BCUT2D eigenvalue weighted by molar-refractivity contribution is 6.31. The molecule has 1 aliphatic heterocycles. The molecule has 0 bridgehead atoms. The van der Waals surface area contributed by atoms with Crippen molar-refractivity contribution < 1.29 is 0 Å². The lowest BCUT2D eigenvalue weighted by atomic mass is 10.2. The number of hydrogen-bond acceptors (Lipinski definition) is 3. The van der Waals surface area contributed by atoms with E-state index >= 15 is 0 Å². The van der Waals surface area contributed by atoms with E-state index in [-0.39, 0.29) is 0 Å². The smallest absolute Gasteiger partial charge is 0.0863 e. The Hall–Kier alpha value is -0.580. The standard InChI is InChI=1S/C16H27ClN4/c1-3-14-16(17)15(20(2)19-14)11-21(9-12-6-7-12)10-13-5-4-8-18-13/h12-13,18H,3-11H2,1-2H3. The molecule has 2 heterocycles.